The van der Waals surface area contributed by atoms with E-state index in [9.17, 15) is 9.90 Å². The van der Waals surface area contributed by atoms with Crippen LogP contribution >= 0.6 is 0 Å². The Morgan fingerprint density at radius 1 is 1.34 bits per heavy atom. The Kier molecular flexibility index (Phi) is 6.10. The fraction of sp³-hybridized carbons (Fsp3) is 0.174. The van der Waals surface area contributed by atoms with Gasteiger partial charge in [0.25, 0.3) is 0 Å². The topological polar surface area (TPSA) is 94.7 Å². The molecule has 146 valence electrons. The second-order valence-electron chi connectivity index (χ2n) is 6.67. The van der Waals surface area contributed by atoms with Crippen LogP contribution in [-0.2, 0) is 4.79 Å². The van der Waals surface area contributed by atoms with Crippen LogP contribution in [0.5, 0.6) is 5.75 Å². The number of carbonyl (C=O) groups is 1. The number of benzene rings is 2. The van der Waals surface area contributed by atoms with Gasteiger partial charge in [-0.3, -0.25) is 4.99 Å². The van der Waals surface area contributed by atoms with Crippen LogP contribution < -0.4 is 10.1 Å². The molecule has 1 atom stereocenters. The number of rotatable bonds is 7. The number of nitriles is 1. The lowest BCUT2D eigenvalue weighted by Gasteiger charge is -2.13. The van der Waals surface area contributed by atoms with Gasteiger partial charge in [-0.05, 0) is 49.0 Å². The first kappa shape index (κ1) is 19.9. The van der Waals surface area contributed by atoms with Crippen LogP contribution in [0.2, 0.25) is 0 Å². The van der Waals surface area contributed by atoms with Gasteiger partial charge in [-0.1, -0.05) is 24.3 Å². The van der Waals surface area contributed by atoms with E-state index in [1.807, 2.05) is 30.3 Å². The third-order valence-corrected chi connectivity index (χ3v) is 4.84. The second-order valence-corrected chi connectivity index (χ2v) is 6.67. The van der Waals surface area contributed by atoms with Crippen LogP contribution in [0.25, 0.3) is 11.1 Å². The number of hydrogen-bond acceptors (Lipinski definition) is 5. The van der Waals surface area contributed by atoms with E-state index in [1.54, 1.807) is 19.1 Å². The Labute approximate surface area is 169 Å². The molecule has 0 aromatic heterocycles. The van der Waals surface area contributed by atoms with Gasteiger partial charge in [0.15, 0.2) is 0 Å². The average molecular weight is 387 g/mol. The van der Waals surface area contributed by atoms with Crippen LogP contribution in [0.1, 0.15) is 24.0 Å². The highest BCUT2D eigenvalue weighted by atomic mass is 16.5. The van der Waals surface area contributed by atoms with Crippen LogP contribution in [0.3, 0.4) is 0 Å². The van der Waals surface area contributed by atoms with Gasteiger partial charge in [-0.25, -0.2) is 4.79 Å². The van der Waals surface area contributed by atoms with E-state index in [2.05, 4.69) is 23.1 Å². The highest BCUT2D eigenvalue weighted by Gasteiger charge is 2.24. The molecule has 0 radical (unpaired) electrons. The Balaban J connectivity index is 1.74. The largest absolute Gasteiger partial charge is 0.493 e. The summed E-state index contributed by atoms with van der Waals surface area (Å²) < 4.78 is 5.86. The van der Waals surface area contributed by atoms with E-state index < -0.39 is 5.97 Å². The third kappa shape index (κ3) is 4.53. The Morgan fingerprint density at radius 3 is 2.72 bits per heavy atom. The lowest BCUT2D eigenvalue weighted by atomic mass is 9.97. The van der Waals surface area contributed by atoms with Gasteiger partial charge in [0.05, 0.1) is 23.8 Å². The summed E-state index contributed by atoms with van der Waals surface area (Å²) in [6.07, 6.45) is 2.77. The number of nitrogens with one attached hydrogen (secondary N) is 1. The third-order valence-electron chi connectivity index (χ3n) is 4.84. The molecule has 0 unspecified atom stereocenters. The van der Waals surface area contributed by atoms with E-state index in [0.29, 0.717) is 24.4 Å². The van der Waals surface area contributed by atoms with Crippen LogP contribution in [0, 0.1) is 11.3 Å². The Hall–Kier alpha value is -3.85. The van der Waals surface area contributed by atoms with Crippen molar-refractivity contribution < 1.29 is 14.6 Å². The van der Waals surface area contributed by atoms with Crippen molar-refractivity contribution in [1.29, 1.82) is 5.26 Å². The fourth-order valence-corrected chi connectivity index (χ4v) is 3.22. The van der Waals surface area contributed by atoms with E-state index in [0.717, 1.165) is 22.4 Å². The summed E-state index contributed by atoms with van der Waals surface area (Å²) in [5, 5.41) is 21.5. The zero-order valence-electron chi connectivity index (χ0n) is 16.1. The van der Waals surface area contributed by atoms with Crippen molar-refractivity contribution in [2.45, 2.75) is 12.8 Å². The molecule has 6 nitrogen and oxygen atoms in total. The highest BCUT2D eigenvalue weighted by molar-refractivity contribution is 5.90. The molecule has 3 rings (SSSR count). The van der Waals surface area contributed by atoms with Gasteiger partial charge in [-0.2, -0.15) is 5.26 Å². The quantitative estimate of drug-likeness (QED) is 0.427. The molecule has 0 saturated carbocycles. The standard InChI is InChI=1S/C23H21N3O3/c1-15(20(23(27)28)9-10-25-2)26-13-19-14-29-22-11-18(7-8-21(19)22)17-5-3-16(12-24)4-6-17/h3-11,19,26H,2,13-14H2,1H3,(H,27,28)/b10-9-,20-15-/t19-/m0/s1. The van der Waals surface area contributed by atoms with Crippen molar-refractivity contribution in [3.63, 3.8) is 0 Å². The molecule has 1 aliphatic rings. The number of ether oxygens (including phenoxy) is 1. The number of carboxylic acid groups (broad SMARTS) is 1. The van der Waals surface area contributed by atoms with Gasteiger partial charge >= 0.3 is 5.97 Å². The van der Waals surface area contributed by atoms with Gasteiger partial charge in [0, 0.05) is 29.9 Å². The molecular formula is C23H21N3O3. The number of allylic oxidation sites excluding steroid dienone is 1. The van der Waals surface area contributed by atoms with E-state index in [4.69, 9.17) is 10.00 Å². The molecule has 2 aromatic rings. The summed E-state index contributed by atoms with van der Waals surface area (Å²) in [5.41, 5.74) is 4.45. The molecule has 0 amide bonds. The van der Waals surface area contributed by atoms with Crippen LogP contribution in [-0.4, -0.2) is 30.9 Å². The molecule has 0 aliphatic carbocycles. The van der Waals surface area contributed by atoms with Gasteiger partial charge in [0.2, 0.25) is 0 Å². The molecule has 2 N–H and O–H groups in total. The minimum Gasteiger partial charge on any atom is -0.493 e. The maximum Gasteiger partial charge on any atom is 0.337 e. The molecule has 29 heavy (non-hydrogen) atoms. The van der Waals surface area contributed by atoms with E-state index in [1.165, 1.54) is 12.3 Å². The molecule has 0 spiro atoms. The SMILES string of the molecule is C=N/C=C\C(C(=O)O)=C(/C)NC[C@H]1COc2cc(-c3ccc(C#N)cc3)ccc21. The zero-order valence-corrected chi connectivity index (χ0v) is 16.1. The predicted octanol–water partition coefficient (Wildman–Crippen LogP) is 3.86. The van der Waals surface area contributed by atoms with Gasteiger partial charge < -0.3 is 15.2 Å². The van der Waals surface area contributed by atoms with Crippen molar-refractivity contribution in [3.05, 3.63) is 77.1 Å². The van der Waals surface area contributed by atoms with Gasteiger partial charge in [-0.15, -0.1) is 0 Å². The normalized spacial score (nSPS) is 15.8. The maximum atomic E-state index is 11.4. The van der Waals surface area contributed by atoms with Crippen molar-refractivity contribution >= 4 is 12.7 Å². The summed E-state index contributed by atoms with van der Waals surface area (Å²) in [4.78, 5) is 15.0. The van der Waals surface area contributed by atoms with Crippen LogP contribution in [0.15, 0.2) is 71.0 Å². The van der Waals surface area contributed by atoms with Crippen molar-refractivity contribution in [2.75, 3.05) is 13.2 Å². The zero-order chi connectivity index (χ0) is 20.8. The van der Waals surface area contributed by atoms with Crippen molar-refractivity contribution in [1.82, 2.24) is 5.32 Å². The second kappa shape index (κ2) is 8.89. The molecular weight excluding hydrogens is 366 g/mol. The Morgan fingerprint density at radius 2 is 2.07 bits per heavy atom. The Bertz CT molecular complexity index is 1030. The predicted molar refractivity (Wildman–Crippen MR) is 112 cm³/mol. The van der Waals surface area contributed by atoms with Crippen molar-refractivity contribution in [2.24, 2.45) is 4.99 Å². The average Bonchev–Trinajstić information content (AvgIpc) is 3.14. The summed E-state index contributed by atoms with van der Waals surface area (Å²) >= 11 is 0. The minimum absolute atomic E-state index is 0.117. The maximum absolute atomic E-state index is 11.4. The first-order valence-corrected chi connectivity index (χ1v) is 9.11. The number of aliphatic carboxylic acids is 1. The number of hydrogen-bond donors (Lipinski definition) is 2. The fourth-order valence-electron chi connectivity index (χ4n) is 3.22. The van der Waals surface area contributed by atoms with E-state index >= 15 is 0 Å². The lowest BCUT2D eigenvalue weighted by molar-refractivity contribution is -0.132. The molecule has 0 fully saturated rings. The number of fused-ring (bicyclic) bond motifs is 1. The minimum atomic E-state index is -1.02. The van der Waals surface area contributed by atoms with E-state index in [-0.39, 0.29) is 11.5 Å². The molecule has 1 aliphatic heterocycles. The summed E-state index contributed by atoms with van der Waals surface area (Å²) in [6, 6.07) is 15.6. The first-order chi connectivity index (χ1) is 14.0. The summed E-state index contributed by atoms with van der Waals surface area (Å²) in [5.74, 6) is -0.0777. The lowest BCUT2D eigenvalue weighted by Crippen LogP contribution is -2.23. The molecule has 0 bridgehead atoms. The first-order valence-electron chi connectivity index (χ1n) is 9.11. The molecule has 2 aromatic carbocycles. The van der Waals surface area contributed by atoms with Crippen LogP contribution in [0.4, 0.5) is 0 Å². The number of carboxylic acids is 1. The molecule has 1 heterocycles. The number of aliphatic imine (C=N–C) groups is 1. The summed E-state index contributed by atoms with van der Waals surface area (Å²) in [6.45, 7) is 6.13. The molecule has 0 saturated heterocycles. The van der Waals surface area contributed by atoms with Crippen molar-refractivity contribution in [3.8, 4) is 22.9 Å². The highest BCUT2D eigenvalue weighted by Crippen LogP contribution is 2.37. The van der Waals surface area contributed by atoms with Gasteiger partial charge in [0.1, 0.15) is 5.75 Å². The smallest absolute Gasteiger partial charge is 0.337 e. The summed E-state index contributed by atoms with van der Waals surface area (Å²) in [7, 11) is 0. The number of nitrogens with zero attached hydrogens (tertiary/aromatic N) is 2. The molecule has 6 heteroatoms. The monoisotopic (exact) mass is 387 g/mol.